The SMILES string of the molecule is CCn1c2ccccc2c2cc(C)ccc21.CCn1c2ccccc2c2ccc(C)cc21.Cc1ccc2c(c1)c1ccccc1n2-c1ccc(-c2ccccc2)cc1.Cc1ccc2c(c1)c1ccccc1n2-c1ccccc1.Cc1ccc2c3ccccc3n(-c3ccccc3)c2c1.Cc1cccc2c1-c1ccccc1C2c1ccc(-c2ccccc2)cc1. The maximum absolute atomic E-state index is 2.39. The molecule has 0 saturated carbocycles. The summed E-state index contributed by atoms with van der Waals surface area (Å²) in [4.78, 5) is 0. The summed E-state index contributed by atoms with van der Waals surface area (Å²) in [6, 6.07) is 152. The summed E-state index contributed by atoms with van der Waals surface area (Å²) in [5.74, 6) is 0.325. The number of para-hydroxylation sites is 7. The number of hydrogen-bond acceptors (Lipinski definition) is 0. The Morgan fingerprint density at radius 2 is 0.500 bits per heavy atom. The summed E-state index contributed by atoms with van der Waals surface area (Å²) < 4.78 is 11.8. The summed E-state index contributed by atoms with van der Waals surface area (Å²) in [5.41, 5.74) is 36.5. The molecule has 0 N–H and O–H groups in total. The van der Waals surface area contributed by atoms with Crippen LogP contribution in [-0.2, 0) is 13.1 Å². The second-order valence-electron chi connectivity index (χ2n) is 32.8. The van der Waals surface area contributed by atoms with E-state index in [4.69, 9.17) is 0 Å². The minimum Gasteiger partial charge on any atom is -0.341 e. The number of aryl methyl sites for hydroxylation is 8. The topological polar surface area (TPSA) is 24.6 Å². The highest BCUT2D eigenvalue weighted by atomic mass is 15.0. The Labute approximate surface area is 726 Å². The quantitative estimate of drug-likeness (QED) is 0.145. The lowest BCUT2D eigenvalue weighted by atomic mass is 9.88. The van der Waals surface area contributed by atoms with Gasteiger partial charge in [0.25, 0.3) is 0 Å². The van der Waals surface area contributed by atoms with Crippen molar-refractivity contribution in [3.8, 4) is 50.4 Å². The molecular weight excluding hydrogens is 1500 g/mol. The molecule has 1 aliphatic rings. The van der Waals surface area contributed by atoms with Gasteiger partial charge in [-0.2, -0.15) is 0 Å². The number of hydrogen-bond donors (Lipinski definition) is 0. The van der Waals surface area contributed by atoms with Crippen LogP contribution in [0.5, 0.6) is 0 Å². The second kappa shape index (κ2) is 34.6. The van der Waals surface area contributed by atoms with Gasteiger partial charge in [0.1, 0.15) is 0 Å². The van der Waals surface area contributed by atoms with Crippen LogP contribution < -0.4 is 0 Å². The van der Waals surface area contributed by atoms with Crippen LogP contribution in [-0.4, -0.2) is 22.8 Å². The highest BCUT2D eigenvalue weighted by Crippen LogP contribution is 2.50. The average Bonchev–Trinajstić information content (AvgIpc) is 1.57. The van der Waals surface area contributed by atoms with E-state index in [1.54, 1.807) is 0 Å². The predicted molar refractivity (Wildman–Crippen MR) is 531 cm³/mol. The first-order chi connectivity index (χ1) is 60.9. The first kappa shape index (κ1) is 78.8. The number of rotatable bonds is 8. The summed E-state index contributed by atoms with van der Waals surface area (Å²) in [5, 5.41) is 13.3. The predicted octanol–water partition coefficient (Wildman–Crippen LogP) is 32.0. The highest BCUT2D eigenvalue weighted by molar-refractivity contribution is 6.13. The lowest BCUT2D eigenvalue weighted by Crippen LogP contribution is -1.99. The van der Waals surface area contributed by atoms with E-state index in [0.29, 0.717) is 5.92 Å². The standard InChI is InChI=1S/C26H20.C25H19N.2C19H15N.2C15H15N/c1-18-8-7-13-24-25(18)22-11-5-6-12-23(22)26(24)21-16-14-20(15-17-21)19-9-3-2-4-10-19;1-18-11-16-25-23(17-18)22-9-5-6-10-24(22)26(25)21-14-12-20(13-15-21)19-7-3-2-4-8-19;1-14-11-12-19-17(13-14)16-9-5-6-10-18(16)20(19)15-7-3-2-4-8-15;1-14-11-12-17-16-9-5-6-10-18(16)20(19(17)13-14)15-7-3-2-4-8-15;1-3-16-14-7-5-4-6-12(14)13-10-11(2)8-9-15(13)16;1-3-16-14-7-5-4-6-12(14)13-9-8-11(2)10-15(13)16/h2-17,26H,1H3;2-17H,1H3;2*2-13H,1H3;2*4-10H,3H2,1-2H3. The van der Waals surface area contributed by atoms with Crippen LogP contribution in [0, 0.1) is 41.5 Å². The van der Waals surface area contributed by atoms with Crippen molar-refractivity contribution >= 4 is 109 Å². The van der Waals surface area contributed by atoms with Gasteiger partial charge in [-0.15, -0.1) is 0 Å². The van der Waals surface area contributed by atoms with Crippen molar-refractivity contribution in [3.63, 3.8) is 0 Å². The number of nitrogens with zero attached hydrogens (tertiary/aromatic N) is 5. The molecule has 5 heteroatoms. The Hall–Kier alpha value is -15.0. The largest absolute Gasteiger partial charge is 0.341 e. The normalized spacial score (nSPS) is 12.0. The first-order valence-electron chi connectivity index (χ1n) is 43.5. The smallest absolute Gasteiger partial charge is 0.0543 e. The van der Waals surface area contributed by atoms with Gasteiger partial charge in [-0.05, 0) is 237 Å². The molecule has 0 amide bonds. The van der Waals surface area contributed by atoms with Crippen molar-refractivity contribution in [2.24, 2.45) is 0 Å². The van der Waals surface area contributed by atoms with Crippen LogP contribution >= 0.6 is 0 Å². The van der Waals surface area contributed by atoms with Crippen LogP contribution in [0.4, 0.5) is 0 Å². The van der Waals surface area contributed by atoms with Gasteiger partial charge in [0.15, 0.2) is 0 Å². The molecule has 0 fully saturated rings. The summed E-state index contributed by atoms with van der Waals surface area (Å²) in [6.07, 6.45) is 0. The zero-order valence-electron chi connectivity index (χ0n) is 71.6. The van der Waals surface area contributed by atoms with Crippen molar-refractivity contribution in [2.45, 2.75) is 74.4 Å². The van der Waals surface area contributed by atoms with Crippen molar-refractivity contribution in [3.05, 3.63) is 475 Å². The zero-order valence-corrected chi connectivity index (χ0v) is 71.6. The fourth-order valence-corrected chi connectivity index (χ4v) is 19.0. The van der Waals surface area contributed by atoms with Gasteiger partial charge < -0.3 is 22.8 Å². The Kier molecular flexibility index (Phi) is 22.0. The van der Waals surface area contributed by atoms with Gasteiger partial charge in [0, 0.05) is 112 Å². The molecule has 0 bridgehead atoms. The van der Waals surface area contributed by atoms with Crippen LogP contribution in [0.1, 0.15) is 69.8 Å². The molecule has 600 valence electrons. The maximum atomic E-state index is 2.39. The van der Waals surface area contributed by atoms with E-state index in [-0.39, 0.29) is 0 Å². The fourth-order valence-electron chi connectivity index (χ4n) is 19.0. The van der Waals surface area contributed by atoms with Crippen molar-refractivity contribution < 1.29 is 0 Å². The van der Waals surface area contributed by atoms with Gasteiger partial charge in [0.2, 0.25) is 0 Å². The van der Waals surface area contributed by atoms with Gasteiger partial charge in [-0.25, -0.2) is 0 Å². The molecule has 1 aliphatic carbocycles. The first-order valence-corrected chi connectivity index (χ1v) is 43.5. The fraction of sp³-hybridized carbons (Fsp3) is 0.0924. The van der Waals surface area contributed by atoms with Gasteiger partial charge in [-0.3, -0.25) is 0 Å². The monoisotopic (exact) mass is 1600 g/mol. The van der Waals surface area contributed by atoms with E-state index in [9.17, 15) is 0 Å². The van der Waals surface area contributed by atoms with Crippen LogP contribution in [0.3, 0.4) is 0 Å². The molecule has 1 unspecified atom stereocenters. The minimum absolute atomic E-state index is 0.325. The number of benzene rings is 18. The maximum Gasteiger partial charge on any atom is 0.0543 e. The average molecular weight is 1600 g/mol. The molecule has 0 aliphatic heterocycles. The van der Waals surface area contributed by atoms with Crippen molar-refractivity contribution in [1.82, 2.24) is 22.8 Å². The Balaban J connectivity index is 0.0000000985. The molecule has 5 nitrogen and oxygen atoms in total. The molecule has 5 heterocycles. The van der Waals surface area contributed by atoms with Crippen LogP contribution in [0.2, 0.25) is 0 Å². The van der Waals surface area contributed by atoms with Gasteiger partial charge >= 0.3 is 0 Å². The molecular formula is C119H99N5. The molecule has 1 atom stereocenters. The number of aromatic nitrogens is 5. The summed E-state index contributed by atoms with van der Waals surface area (Å²) in [6.45, 7) is 19.4. The van der Waals surface area contributed by atoms with Gasteiger partial charge in [0.05, 0.1) is 33.1 Å². The van der Waals surface area contributed by atoms with E-state index in [0.717, 1.165) is 13.1 Å². The number of fused-ring (bicyclic) bond motifs is 18. The third kappa shape index (κ3) is 15.1. The third-order valence-corrected chi connectivity index (χ3v) is 24.7. The van der Waals surface area contributed by atoms with Gasteiger partial charge in [-0.1, -0.05) is 326 Å². The van der Waals surface area contributed by atoms with Crippen molar-refractivity contribution in [2.75, 3.05) is 0 Å². The van der Waals surface area contributed by atoms with E-state index in [1.807, 2.05) is 0 Å². The highest BCUT2D eigenvalue weighted by Gasteiger charge is 2.31. The minimum atomic E-state index is 0.325. The third-order valence-electron chi connectivity index (χ3n) is 24.7. The molecule has 23 aromatic rings. The van der Waals surface area contributed by atoms with E-state index < -0.39 is 0 Å². The lowest BCUT2D eigenvalue weighted by Gasteiger charge is -2.15. The lowest BCUT2D eigenvalue weighted by molar-refractivity contribution is 0.827. The Morgan fingerprint density at radius 3 is 0.984 bits per heavy atom. The second-order valence-corrected chi connectivity index (χ2v) is 32.8. The molecule has 124 heavy (non-hydrogen) atoms. The molecule has 0 radical (unpaired) electrons. The molecule has 0 saturated heterocycles. The Bertz CT molecular complexity index is 7780. The Morgan fingerprint density at radius 1 is 0.202 bits per heavy atom. The molecule has 5 aromatic heterocycles. The zero-order chi connectivity index (χ0) is 84.3. The molecule has 0 spiro atoms. The van der Waals surface area contributed by atoms with E-state index in [2.05, 4.69) is 503 Å². The van der Waals surface area contributed by atoms with Crippen LogP contribution in [0.25, 0.3) is 159 Å². The molecule has 18 aromatic carbocycles. The van der Waals surface area contributed by atoms with Crippen LogP contribution in [0.15, 0.2) is 425 Å². The van der Waals surface area contributed by atoms with Crippen molar-refractivity contribution in [1.29, 1.82) is 0 Å². The van der Waals surface area contributed by atoms with E-state index in [1.165, 1.54) is 210 Å². The summed E-state index contributed by atoms with van der Waals surface area (Å²) >= 11 is 0. The van der Waals surface area contributed by atoms with E-state index >= 15 is 0 Å². The summed E-state index contributed by atoms with van der Waals surface area (Å²) in [7, 11) is 0. The molecule has 24 rings (SSSR count).